The number of piperidine rings is 1. The van der Waals surface area contributed by atoms with E-state index < -0.39 is 6.10 Å². The van der Waals surface area contributed by atoms with Crippen LogP contribution in [0.15, 0.2) is 40.9 Å². The number of rotatable bonds is 4. The Morgan fingerprint density at radius 1 is 1.33 bits per heavy atom. The van der Waals surface area contributed by atoms with Gasteiger partial charge >= 0.3 is 0 Å². The third-order valence-electron chi connectivity index (χ3n) is 5.79. The molecule has 4 nitrogen and oxygen atoms in total. The molecule has 2 bridgehead atoms. The van der Waals surface area contributed by atoms with Crippen molar-refractivity contribution in [2.24, 2.45) is 10.9 Å². The molecule has 3 aliphatic heterocycles. The average Bonchev–Trinajstić information content (AvgIpc) is 2.81. The number of nitrogens with zero attached hydrogens (tertiary/aromatic N) is 2. The molecule has 0 aromatic heterocycles. The predicted molar refractivity (Wildman–Crippen MR) is 109 cm³/mol. The molecule has 2 saturated heterocycles. The second-order valence-corrected chi connectivity index (χ2v) is 8.46. The first kappa shape index (κ1) is 19.0. The lowest BCUT2D eigenvalue weighted by atomic mass is 9.81. The van der Waals surface area contributed by atoms with Crippen molar-refractivity contribution in [2.45, 2.75) is 44.4 Å². The lowest BCUT2D eigenvalue weighted by Crippen LogP contribution is -2.53. The van der Waals surface area contributed by atoms with Gasteiger partial charge in [-0.2, -0.15) is 4.39 Å². The van der Waals surface area contributed by atoms with E-state index in [4.69, 9.17) is 14.5 Å². The van der Waals surface area contributed by atoms with Crippen LogP contribution in [0.4, 0.5) is 4.39 Å². The predicted octanol–water partition coefficient (Wildman–Crippen LogP) is 3.97. The van der Waals surface area contributed by atoms with E-state index in [0.29, 0.717) is 11.7 Å². The highest BCUT2D eigenvalue weighted by Crippen LogP contribution is 2.37. The van der Waals surface area contributed by atoms with Crippen molar-refractivity contribution in [3.05, 3.63) is 41.5 Å². The number of likely N-dealkylation sites (tertiary alicyclic amines) is 1. The van der Waals surface area contributed by atoms with Crippen molar-refractivity contribution in [3.63, 3.8) is 0 Å². The lowest BCUT2D eigenvalue weighted by Gasteiger charge is -2.45. The summed E-state index contributed by atoms with van der Waals surface area (Å²) >= 11 is 0. The highest BCUT2D eigenvalue weighted by molar-refractivity contribution is 7.16. The second-order valence-electron chi connectivity index (χ2n) is 7.94. The molecule has 4 rings (SSSR count). The molecule has 6 heteroatoms. The molecular weight excluding hydrogens is 362 g/mol. The van der Waals surface area contributed by atoms with Crippen molar-refractivity contribution in [3.8, 4) is 5.75 Å². The maximum Gasteiger partial charge on any atom is 0.249 e. The molecule has 0 N–H and O–H groups in total. The summed E-state index contributed by atoms with van der Waals surface area (Å²) in [6, 6.07) is 7.68. The Morgan fingerprint density at radius 3 is 2.78 bits per heavy atom. The van der Waals surface area contributed by atoms with Crippen LogP contribution in [0, 0.1) is 5.92 Å². The minimum absolute atomic E-state index is 0.148. The molecule has 27 heavy (non-hydrogen) atoms. The van der Waals surface area contributed by atoms with E-state index in [0.717, 1.165) is 52.0 Å². The molecular formula is C21H28FN2O2P. The number of halogens is 1. The third kappa shape index (κ3) is 4.42. The fourth-order valence-electron chi connectivity index (χ4n) is 4.32. The normalized spacial score (nSPS) is 26.1. The van der Waals surface area contributed by atoms with E-state index in [1.165, 1.54) is 16.8 Å². The van der Waals surface area contributed by atoms with Gasteiger partial charge in [0.05, 0.1) is 6.61 Å². The van der Waals surface area contributed by atoms with Crippen LogP contribution in [0.2, 0.25) is 0 Å². The molecule has 3 heterocycles. The van der Waals surface area contributed by atoms with Crippen molar-refractivity contribution >= 4 is 15.0 Å². The maximum atomic E-state index is 12.9. The Labute approximate surface area is 163 Å². The van der Waals surface area contributed by atoms with Crippen LogP contribution in [0.25, 0.3) is 0 Å². The van der Waals surface area contributed by atoms with Crippen LogP contribution in [-0.2, 0) is 11.3 Å². The van der Waals surface area contributed by atoms with Crippen molar-refractivity contribution < 1.29 is 13.9 Å². The molecule has 146 valence electrons. The zero-order valence-electron chi connectivity index (χ0n) is 15.9. The van der Waals surface area contributed by atoms with Gasteiger partial charge < -0.3 is 9.47 Å². The zero-order valence-corrected chi connectivity index (χ0v) is 17.0. The summed E-state index contributed by atoms with van der Waals surface area (Å²) in [5.41, 5.74) is 3.73. The largest absolute Gasteiger partial charge is 0.457 e. The molecule has 0 radical (unpaired) electrons. The minimum atomic E-state index is -1.37. The summed E-state index contributed by atoms with van der Waals surface area (Å²) in [4.78, 5) is 7.38. The number of hydrogen-bond acceptors (Lipinski definition) is 4. The Hall–Kier alpha value is -1.29. The van der Waals surface area contributed by atoms with E-state index >= 15 is 0 Å². The molecule has 3 aliphatic rings. The van der Waals surface area contributed by atoms with Gasteiger partial charge in [-0.05, 0) is 42.0 Å². The number of benzene rings is 1. The summed E-state index contributed by atoms with van der Waals surface area (Å²) in [6.45, 7) is 6.78. The molecule has 2 fully saturated rings. The van der Waals surface area contributed by atoms with Crippen molar-refractivity contribution in [1.29, 1.82) is 0 Å². The van der Waals surface area contributed by atoms with E-state index in [9.17, 15) is 4.39 Å². The molecule has 0 saturated carbocycles. The van der Waals surface area contributed by atoms with E-state index in [2.05, 4.69) is 17.9 Å². The fraction of sp³-hybridized carbons (Fsp3) is 0.571. The molecule has 1 spiro atoms. The summed E-state index contributed by atoms with van der Waals surface area (Å²) < 4.78 is 24.3. The van der Waals surface area contributed by atoms with Crippen LogP contribution < -0.4 is 4.74 Å². The minimum Gasteiger partial charge on any atom is -0.457 e. The highest BCUT2D eigenvalue weighted by atomic mass is 31.0. The van der Waals surface area contributed by atoms with Gasteiger partial charge in [-0.3, -0.25) is 9.89 Å². The first-order valence-electron chi connectivity index (χ1n) is 9.77. The number of aliphatic imine (C=N–C) groups is 1. The van der Waals surface area contributed by atoms with Gasteiger partial charge in [0.25, 0.3) is 0 Å². The van der Waals surface area contributed by atoms with E-state index in [1.54, 1.807) is 0 Å². The molecule has 3 unspecified atom stereocenters. The molecule has 0 amide bonds. The Balaban J connectivity index is 1.36. The highest BCUT2D eigenvalue weighted by Gasteiger charge is 2.43. The van der Waals surface area contributed by atoms with Crippen LogP contribution in [0.5, 0.6) is 5.75 Å². The van der Waals surface area contributed by atoms with Gasteiger partial charge in [0, 0.05) is 38.3 Å². The van der Waals surface area contributed by atoms with Gasteiger partial charge in [0.1, 0.15) is 11.4 Å². The smallest absolute Gasteiger partial charge is 0.249 e. The Bertz CT molecular complexity index is 724. The second kappa shape index (κ2) is 7.98. The maximum absolute atomic E-state index is 12.9. The summed E-state index contributed by atoms with van der Waals surface area (Å²) in [7, 11) is 1.99. The Morgan fingerprint density at radius 2 is 2.07 bits per heavy atom. The van der Waals surface area contributed by atoms with Crippen molar-refractivity contribution in [1.82, 2.24) is 4.90 Å². The molecule has 1 aromatic carbocycles. The van der Waals surface area contributed by atoms with Crippen molar-refractivity contribution in [2.75, 3.05) is 26.2 Å². The molecule has 0 aliphatic carbocycles. The first-order chi connectivity index (χ1) is 13.0. The van der Waals surface area contributed by atoms with Crippen LogP contribution >= 0.6 is 9.24 Å². The number of alkyl halides is 1. The van der Waals surface area contributed by atoms with E-state index in [-0.39, 0.29) is 5.60 Å². The number of ether oxygens (including phenoxy) is 2. The van der Waals surface area contributed by atoms with E-state index in [1.807, 2.05) is 33.5 Å². The zero-order chi connectivity index (χ0) is 18.9. The SMILES string of the molecule is CC1C=C2COC3(CCN(Cc4ccc(OC(F)P)cc4)CC3)C(=NC1)C2. The third-order valence-corrected chi connectivity index (χ3v) is 5.92. The average molecular weight is 390 g/mol. The van der Waals surface area contributed by atoms with Gasteiger partial charge in [0.15, 0.2) is 0 Å². The summed E-state index contributed by atoms with van der Waals surface area (Å²) in [6.07, 6.45) is 3.98. The summed E-state index contributed by atoms with van der Waals surface area (Å²) in [5.74, 6) is 1.07. The quantitative estimate of drug-likeness (QED) is 0.576. The topological polar surface area (TPSA) is 34.1 Å². The summed E-state index contributed by atoms with van der Waals surface area (Å²) in [5, 5.41) is 0. The van der Waals surface area contributed by atoms with Crippen LogP contribution in [0.3, 0.4) is 0 Å². The van der Waals surface area contributed by atoms with Crippen LogP contribution in [0.1, 0.15) is 31.7 Å². The molecule has 3 atom stereocenters. The van der Waals surface area contributed by atoms with Gasteiger partial charge in [0.2, 0.25) is 6.10 Å². The number of hydrogen-bond donors (Lipinski definition) is 0. The van der Waals surface area contributed by atoms with Gasteiger partial charge in [-0.15, -0.1) is 0 Å². The Kier molecular flexibility index (Phi) is 5.63. The number of fused-ring (bicyclic) bond motifs is 3. The fourth-order valence-corrected chi connectivity index (χ4v) is 4.48. The van der Waals surface area contributed by atoms with Crippen LogP contribution in [-0.4, -0.2) is 48.6 Å². The first-order valence-corrected chi connectivity index (χ1v) is 10.4. The monoisotopic (exact) mass is 390 g/mol. The lowest BCUT2D eigenvalue weighted by molar-refractivity contribution is -0.0350. The standard InChI is InChI=1S/C21H28FN2O2P/c1-15-10-17-11-19(23-12-15)21(25-14-17)6-8-24(9-7-21)13-16-2-4-18(5-3-16)26-20(22)27/h2-5,10,15,20H,6-9,11-14,27H2,1H3. The van der Waals surface area contributed by atoms with Gasteiger partial charge in [-0.25, -0.2) is 0 Å². The molecule has 1 aromatic rings. The van der Waals surface area contributed by atoms with Gasteiger partial charge in [-0.1, -0.05) is 34.4 Å².